The minimum atomic E-state index is -3.89. The average Bonchev–Trinajstić information content (AvgIpc) is 2.85. The molecule has 0 fully saturated rings. The Morgan fingerprint density at radius 1 is 1.05 bits per heavy atom. The molecule has 2 rings (SSSR count). The van der Waals surface area contributed by atoms with Crippen LogP contribution in [-0.2, 0) is 26.2 Å². The summed E-state index contributed by atoms with van der Waals surface area (Å²) in [5, 5.41) is 2.89. The SMILES string of the molecule is CCC(C(=O)NCC(C)C)N(Cc1ccc(OC)cc1)C(=O)CN(c1cccc(C(C)=O)c1)S(C)(=O)=O. The summed E-state index contributed by atoms with van der Waals surface area (Å²) < 4.78 is 31.6. The monoisotopic (exact) mass is 531 g/mol. The first-order chi connectivity index (χ1) is 17.4. The second-order valence-corrected chi connectivity index (χ2v) is 11.2. The lowest BCUT2D eigenvalue weighted by molar-refractivity contribution is -0.140. The Bertz CT molecular complexity index is 1190. The summed E-state index contributed by atoms with van der Waals surface area (Å²) in [7, 11) is -2.33. The standard InChI is InChI=1S/C27H37N3O6S/c1-7-25(27(33)28-16-19(2)3)29(17-21-11-13-24(36-5)14-12-21)26(32)18-30(37(6,34)35)23-10-8-9-22(15-23)20(4)31/h8-15,19,25H,7,16-18H2,1-6H3,(H,28,33). The van der Waals surface area contributed by atoms with Gasteiger partial charge in [0.15, 0.2) is 5.78 Å². The molecule has 0 aliphatic heterocycles. The smallest absolute Gasteiger partial charge is 0.244 e. The van der Waals surface area contributed by atoms with Gasteiger partial charge in [0.25, 0.3) is 0 Å². The Morgan fingerprint density at radius 2 is 1.70 bits per heavy atom. The first-order valence-corrected chi connectivity index (χ1v) is 14.0. The fourth-order valence-electron chi connectivity index (χ4n) is 3.76. The molecule has 0 heterocycles. The van der Waals surface area contributed by atoms with E-state index in [1.807, 2.05) is 13.8 Å². The van der Waals surface area contributed by atoms with Gasteiger partial charge in [-0.15, -0.1) is 0 Å². The molecule has 1 unspecified atom stereocenters. The molecule has 0 spiro atoms. The van der Waals surface area contributed by atoms with Gasteiger partial charge in [0.2, 0.25) is 21.8 Å². The number of carbonyl (C=O) groups excluding carboxylic acids is 3. The van der Waals surface area contributed by atoms with E-state index in [1.54, 1.807) is 50.4 Å². The highest BCUT2D eigenvalue weighted by molar-refractivity contribution is 7.92. The number of nitrogens with zero attached hydrogens (tertiary/aromatic N) is 2. The van der Waals surface area contributed by atoms with E-state index in [-0.39, 0.29) is 29.8 Å². The molecule has 9 nitrogen and oxygen atoms in total. The van der Waals surface area contributed by atoms with Gasteiger partial charge in [-0.25, -0.2) is 8.42 Å². The zero-order valence-corrected chi connectivity index (χ0v) is 23.2. The van der Waals surface area contributed by atoms with Crippen LogP contribution in [0.1, 0.15) is 50.0 Å². The molecule has 2 amide bonds. The molecule has 37 heavy (non-hydrogen) atoms. The molecule has 0 bridgehead atoms. The summed E-state index contributed by atoms with van der Waals surface area (Å²) in [6, 6.07) is 12.4. The molecule has 2 aromatic carbocycles. The van der Waals surface area contributed by atoms with Gasteiger partial charge < -0.3 is 15.0 Å². The van der Waals surface area contributed by atoms with Crippen molar-refractivity contribution in [2.45, 2.75) is 46.7 Å². The van der Waals surface area contributed by atoms with Crippen LogP contribution in [0.15, 0.2) is 48.5 Å². The van der Waals surface area contributed by atoms with E-state index in [0.29, 0.717) is 24.3 Å². The lowest BCUT2D eigenvalue weighted by Crippen LogP contribution is -2.52. The maximum Gasteiger partial charge on any atom is 0.244 e. The number of amides is 2. The Labute approximate surface area is 219 Å². The average molecular weight is 532 g/mol. The van der Waals surface area contributed by atoms with Gasteiger partial charge in [-0.2, -0.15) is 0 Å². The molecular formula is C27H37N3O6S. The minimum Gasteiger partial charge on any atom is -0.497 e. The van der Waals surface area contributed by atoms with Crippen molar-refractivity contribution >= 4 is 33.3 Å². The van der Waals surface area contributed by atoms with E-state index in [4.69, 9.17) is 4.74 Å². The molecule has 10 heteroatoms. The molecular weight excluding hydrogens is 494 g/mol. The van der Waals surface area contributed by atoms with Gasteiger partial charge >= 0.3 is 0 Å². The molecule has 0 aromatic heterocycles. The van der Waals surface area contributed by atoms with Gasteiger partial charge in [0, 0.05) is 18.7 Å². The number of carbonyl (C=O) groups is 3. The van der Waals surface area contributed by atoms with Crippen LogP contribution >= 0.6 is 0 Å². The maximum absolute atomic E-state index is 13.7. The fourth-order valence-corrected chi connectivity index (χ4v) is 4.60. The molecule has 0 radical (unpaired) electrons. The number of hydrogen-bond acceptors (Lipinski definition) is 6. The fraction of sp³-hybridized carbons (Fsp3) is 0.444. The Hall–Kier alpha value is -3.40. The van der Waals surface area contributed by atoms with Gasteiger partial charge in [-0.3, -0.25) is 18.7 Å². The van der Waals surface area contributed by atoms with Crippen molar-refractivity contribution < 1.29 is 27.5 Å². The summed E-state index contributed by atoms with van der Waals surface area (Å²) >= 11 is 0. The summed E-state index contributed by atoms with van der Waals surface area (Å²) in [6.07, 6.45) is 1.34. The zero-order chi connectivity index (χ0) is 27.8. The van der Waals surface area contributed by atoms with E-state index in [1.165, 1.54) is 24.0 Å². The van der Waals surface area contributed by atoms with Gasteiger partial charge in [0.05, 0.1) is 19.1 Å². The van der Waals surface area contributed by atoms with Crippen LogP contribution in [0.4, 0.5) is 5.69 Å². The van der Waals surface area contributed by atoms with Gasteiger partial charge in [-0.1, -0.05) is 45.0 Å². The molecule has 0 aliphatic carbocycles. The highest BCUT2D eigenvalue weighted by Gasteiger charge is 2.31. The predicted molar refractivity (Wildman–Crippen MR) is 144 cm³/mol. The van der Waals surface area contributed by atoms with Gasteiger partial charge in [-0.05, 0) is 49.1 Å². The molecule has 202 valence electrons. The number of sulfonamides is 1. The second-order valence-electron chi connectivity index (χ2n) is 9.31. The highest BCUT2D eigenvalue weighted by Crippen LogP contribution is 2.22. The molecule has 1 N–H and O–H groups in total. The number of ether oxygens (including phenoxy) is 1. The van der Waals surface area contributed by atoms with Crippen LogP contribution in [-0.4, -0.2) is 63.4 Å². The molecule has 0 saturated heterocycles. The van der Waals surface area contributed by atoms with Crippen LogP contribution in [0, 0.1) is 5.92 Å². The van der Waals surface area contributed by atoms with Crippen molar-refractivity contribution in [3.8, 4) is 5.75 Å². The number of anilines is 1. The topological polar surface area (TPSA) is 113 Å². The van der Waals surface area contributed by atoms with Crippen LogP contribution in [0.5, 0.6) is 5.75 Å². The van der Waals surface area contributed by atoms with Crippen molar-refractivity contribution in [1.29, 1.82) is 0 Å². The van der Waals surface area contributed by atoms with Crippen LogP contribution in [0.2, 0.25) is 0 Å². The number of methoxy groups -OCH3 is 1. The van der Waals surface area contributed by atoms with E-state index in [9.17, 15) is 22.8 Å². The quantitative estimate of drug-likeness (QED) is 0.397. The zero-order valence-electron chi connectivity index (χ0n) is 22.4. The number of nitrogens with one attached hydrogen (secondary N) is 1. The van der Waals surface area contributed by atoms with Crippen LogP contribution < -0.4 is 14.4 Å². The minimum absolute atomic E-state index is 0.0987. The summed E-state index contributed by atoms with van der Waals surface area (Å²) in [5.74, 6) is -0.197. The largest absolute Gasteiger partial charge is 0.497 e. The van der Waals surface area contributed by atoms with Crippen molar-refractivity contribution in [2.24, 2.45) is 5.92 Å². The lowest BCUT2D eigenvalue weighted by atomic mass is 10.1. The van der Waals surface area contributed by atoms with E-state index in [0.717, 1.165) is 16.1 Å². The molecule has 0 saturated carbocycles. The predicted octanol–water partition coefficient (Wildman–Crippen LogP) is 3.24. The number of ketones is 1. The van der Waals surface area contributed by atoms with Crippen molar-refractivity contribution in [2.75, 3.05) is 30.8 Å². The first kappa shape index (κ1) is 29.8. The maximum atomic E-state index is 13.7. The summed E-state index contributed by atoms with van der Waals surface area (Å²) in [4.78, 5) is 40.1. The van der Waals surface area contributed by atoms with Crippen LogP contribution in [0.3, 0.4) is 0 Å². The lowest BCUT2D eigenvalue weighted by Gasteiger charge is -2.33. The molecule has 2 aromatic rings. The third kappa shape index (κ3) is 8.59. The Kier molecular flexibility index (Phi) is 10.7. The third-order valence-electron chi connectivity index (χ3n) is 5.80. The van der Waals surface area contributed by atoms with Gasteiger partial charge in [0.1, 0.15) is 18.3 Å². The Morgan fingerprint density at radius 3 is 2.22 bits per heavy atom. The highest BCUT2D eigenvalue weighted by atomic mass is 32.2. The van der Waals surface area contributed by atoms with Crippen molar-refractivity contribution in [3.05, 3.63) is 59.7 Å². The Balaban J connectivity index is 2.45. The van der Waals surface area contributed by atoms with E-state index in [2.05, 4.69) is 5.32 Å². The summed E-state index contributed by atoms with van der Waals surface area (Å²) in [6.45, 7) is 7.16. The summed E-state index contributed by atoms with van der Waals surface area (Å²) in [5.41, 5.74) is 1.28. The molecule has 0 aliphatic rings. The number of Topliss-reactive ketones (excluding diaryl/α,β-unsaturated/α-hetero) is 1. The first-order valence-electron chi connectivity index (χ1n) is 12.2. The van der Waals surface area contributed by atoms with Crippen molar-refractivity contribution in [3.63, 3.8) is 0 Å². The van der Waals surface area contributed by atoms with E-state index < -0.39 is 28.5 Å². The number of hydrogen-bond donors (Lipinski definition) is 1. The number of rotatable bonds is 13. The van der Waals surface area contributed by atoms with Crippen LogP contribution in [0.25, 0.3) is 0 Å². The van der Waals surface area contributed by atoms with Crippen molar-refractivity contribution in [1.82, 2.24) is 10.2 Å². The molecule has 1 atom stereocenters. The van der Waals surface area contributed by atoms with E-state index >= 15 is 0 Å². The normalized spacial score (nSPS) is 12.1. The second kappa shape index (κ2) is 13.2. The number of benzene rings is 2. The third-order valence-corrected chi connectivity index (χ3v) is 6.94.